The minimum atomic E-state index is 0.727. The molecule has 0 saturated carbocycles. The average molecular weight is 211 g/mol. The van der Waals surface area contributed by atoms with Crippen molar-refractivity contribution < 1.29 is 0 Å². The SMILES string of the molecule is CCCCCSc1cccc(NN)n1. The molecule has 0 aliphatic heterocycles. The third-order valence-electron chi connectivity index (χ3n) is 1.87. The van der Waals surface area contributed by atoms with Gasteiger partial charge in [-0.05, 0) is 24.3 Å². The Morgan fingerprint density at radius 3 is 3.00 bits per heavy atom. The molecule has 0 bridgehead atoms. The summed E-state index contributed by atoms with van der Waals surface area (Å²) in [5.74, 6) is 7.13. The number of nitrogens with two attached hydrogens (primary N) is 1. The van der Waals surface area contributed by atoms with Gasteiger partial charge in [-0.15, -0.1) is 11.8 Å². The summed E-state index contributed by atoms with van der Waals surface area (Å²) >= 11 is 1.78. The molecule has 1 rings (SSSR count). The van der Waals surface area contributed by atoms with Crippen LogP contribution in [0.4, 0.5) is 5.82 Å². The van der Waals surface area contributed by atoms with E-state index in [4.69, 9.17) is 5.84 Å². The van der Waals surface area contributed by atoms with Crippen LogP contribution in [0.25, 0.3) is 0 Å². The lowest BCUT2D eigenvalue weighted by atomic mass is 10.3. The van der Waals surface area contributed by atoms with Gasteiger partial charge in [0.05, 0.1) is 5.03 Å². The van der Waals surface area contributed by atoms with Crippen LogP contribution in [0, 0.1) is 0 Å². The van der Waals surface area contributed by atoms with E-state index >= 15 is 0 Å². The van der Waals surface area contributed by atoms with Crippen molar-refractivity contribution >= 4 is 17.6 Å². The largest absolute Gasteiger partial charge is 0.308 e. The van der Waals surface area contributed by atoms with E-state index in [-0.39, 0.29) is 0 Å². The first kappa shape index (κ1) is 11.3. The second-order valence-corrected chi connectivity index (χ2v) is 4.18. The van der Waals surface area contributed by atoms with Gasteiger partial charge in [0.25, 0.3) is 0 Å². The minimum absolute atomic E-state index is 0.727. The molecule has 0 spiro atoms. The lowest BCUT2D eigenvalue weighted by molar-refractivity contribution is 0.778. The van der Waals surface area contributed by atoms with Gasteiger partial charge in [-0.3, -0.25) is 0 Å². The summed E-state index contributed by atoms with van der Waals surface area (Å²) in [4.78, 5) is 4.32. The van der Waals surface area contributed by atoms with Crippen LogP contribution < -0.4 is 11.3 Å². The number of hydrogen-bond acceptors (Lipinski definition) is 4. The molecule has 0 amide bonds. The zero-order chi connectivity index (χ0) is 10.2. The van der Waals surface area contributed by atoms with Crippen molar-refractivity contribution in [3.63, 3.8) is 0 Å². The highest BCUT2D eigenvalue weighted by molar-refractivity contribution is 7.99. The van der Waals surface area contributed by atoms with Crippen molar-refractivity contribution in [2.75, 3.05) is 11.2 Å². The molecule has 0 fully saturated rings. The van der Waals surface area contributed by atoms with Crippen LogP contribution in [-0.4, -0.2) is 10.7 Å². The Labute approximate surface area is 89.5 Å². The molecule has 0 unspecified atom stereocenters. The molecule has 0 saturated heterocycles. The minimum Gasteiger partial charge on any atom is -0.308 e. The third kappa shape index (κ3) is 3.98. The van der Waals surface area contributed by atoms with Gasteiger partial charge in [-0.2, -0.15) is 0 Å². The third-order valence-corrected chi connectivity index (χ3v) is 2.89. The van der Waals surface area contributed by atoms with E-state index in [1.54, 1.807) is 11.8 Å². The lowest BCUT2D eigenvalue weighted by Crippen LogP contribution is -2.08. The van der Waals surface area contributed by atoms with E-state index in [9.17, 15) is 0 Å². The Kier molecular flexibility index (Phi) is 5.40. The topological polar surface area (TPSA) is 50.9 Å². The van der Waals surface area contributed by atoms with Gasteiger partial charge < -0.3 is 5.43 Å². The van der Waals surface area contributed by atoms with Crippen LogP contribution in [0.1, 0.15) is 26.2 Å². The van der Waals surface area contributed by atoms with Gasteiger partial charge >= 0.3 is 0 Å². The highest BCUT2D eigenvalue weighted by Gasteiger charge is 1.96. The fourth-order valence-electron chi connectivity index (χ4n) is 1.10. The van der Waals surface area contributed by atoms with Crippen molar-refractivity contribution in [1.29, 1.82) is 0 Å². The van der Waals surface area contributed by atoms with E-state index in [0.29, 0.717) is 0 Å². The molecule has 0 aliphatic rings. The molecule has 4 heteroatoms. The number of aromatic nitrogens is 1. The number of thioether (sulfide) groups is 1. The molecule has 0 aromatic carbocycles. The number of anilines is 1. The van der Waals surface area contributed by atoms with Crippen LogP contribution in [0.3, 0.4) is 0 Å². The molecule has 3 N–H and O–H groups in total. The monoisotopic (exact) mass is 211 g/mol. The Balaban J connectivity index is 2.34. The number of nitrogens with one attached hydrogen (secondary N) is 1. The number of rotatable bonds is 6. The van der Waals surface area contributed by atoms with Gasteiger partial charge in [0.1, 0.15) is 5.82 Å². The Morgan fingerprint density at radius 2 is 2.29 bits per heavy atom. The first-order valence-corrected chi connectivity index (χ1v) is 5.92. The Bertz CT molecular complexity index is 265. The first-order chi connectivity index (χ1) is 6.86. The number of nitrogen functional groups attached to an aromatic ring is 1. The summed E-state index contributed by atoms with van der Waals surface area (Å²) in [6, 6.07) is 5.83. The van der Waals surface area contributed by atoms with E-state index in [1.165, 1.54) is 19.3 Å². The maximum atomic E-state index is 5.27. The highest BCUT2D eigenvalue weighted by atomic mass is 32.2. The molecule has 0 aliphatic carbocycles. The lowest BCUT2D eigenvalue weighted by Gasteiger charge is -2.02. The average Bonchev–Trinajstić information content (AvgIpc) is 2.25. The van der Waals surface area contributed by atoms with Crippen molar-refractivity contribution in [3.8, 4) is 0 Å². The fourth-order valence-corrected chi connectivity index (χ4v) is 2.00. The Hall–Kier alpha value is -0.740. The number of hydrogen-bond donors (Lipinski definition) is 2. The number of unbranched alkanes of at least 4 members (excludes halogenated alkanes) is 2. The molecule has 1 aromatic rings. The summed E-state index contributed by atoms with van der Waals surface area (Å²) in [5, 5.41) is 1.04. The van der Waals surface area contributed by atoms with Gasteiger partial charge in [0, 0.05) is 0 Å². The summed E-state index contributed by atoms with van der Waals surface area (Å²) in [6.07, 6.45) is 3.81. The summed E-state index contributed by atoms with van der Waals surface area (Å²) in [5.41, 5.74) is 2.54. The van der Waals surface area contributed by atoms with E-state index in [1.807, 2.05) is 18.2 Å². The second kappa shape index (κ2) is 6.68. The maximum Gasteiger partial charge on any atom is 0.141 e. The molecule has 0 atom stereocenters. The van der Waals surface area contributed by atoms with E-state index < -0.39 is 0 Å². The van der Waals surface area contributed by atoms with Crippen molar-refractivity contribution in [1.82, 2.24) is 4.98 Å². The van der Waals surface area contributed by atoms with E-state index in [2.05, 4.69) is 17.3 Å². The maximum absolute atomic E-state index is 5.27. The Morgan fingerprint density at radius 1 is 1.43 bits per heavy atom. The molecule has 78 valence electrons. The van der Waals surface area contributed by atoms with Gasteiger partial charge in [0.15, 0.2) is 0 Å². The van der Waals surface area contributed by atoms with Crippen molar-refractivity contribution in [3.05, 3.63) is 18.2 Å². The summed E-state index contributed by atoms with van der Waals surface area (Å²) in [7, 11) is 0. The summed E-state index contributed by atoms with van der Waals surface area (Å²) in [6.45, 7) is 2.21. The van der Waals surface area contributed by atoms with Gasteiger partial charge in [-0.25, -0.2) is 10.8 Å². The van der Waals surface area contributed by atoms with Crippen LogP contribution in [0.15, 0.2) is 23.2 Å². The predicted octanol–water partition coefficient (Wildman–Crippen LogP) is 2.65. The van der Waals surface area contributed by atoms with Crippen LogP contribution in [-0.2, 0) is 0 Å². The predicted molar refractivity (Wildman–Crippen MR) is 62.3 cm³/mol. The van der Waals surface area contributed by atoms with Crippen LogP contribution in [0.2, 0.25) is 0 Å². The van der Waals surface area contributed by atoms with Gasteiger partial charge in [-0.1, -0.05) is 25.8 Å². The molecule has 14 heavy (non-hydrogen) atoms. The zero-order valence-electron chi connectivity index (χ0n) is 8.49. The smallest absolute Gasteiger partial charge is 0.141 e. The first-order valence-electron chi connectivity index (χ1n) is 4.93. The zero-order valence-corrected chi connectivity index (χ0v) is 9.31. The standard InChI is InChI=1S/C10H17N3S/c1-2-3-4-8-14-10-7-5-6-9(12-10)13-11/h5-7H,2-4,8,11H2,1H3,(H,12,13). The fraction of sp³-hybridized carbons (Fsp3) is 0.500. The van der Waals surface area contributed by atoms with E-state index in [0.717, 1.165) is 16.6 Å². The second-order valence-electron chi connectivity index (χ2n) is 3.06. The normalized spacial score (nSPS) is 10.1. The molecular formula is C10H17N3S. The molecular weight excluding hydrogens is 194 g/mol. The molecule has 3 nitrogen and oxygen atoms in total. The molecule has 1 aromatic heterocycles. The quantitative estimate of drug-likeness (QED) is 0.329. The molecule has 0 radical (unpaired) electrons. The van der Waals surface area contributed by atoms with Crippen molar-refractivity contribution in [2.45, 2.75) is 31.2 Å². The number of hydrazine groups is 1. The number of pyridine rings is 1. The number of nitrogens with zero attached hydrogens (tertiary/aromatic N) is 1. The van der Waals surface area contributed by atoms with Gasteiger partial charge in [0.2, 0.25) is 0 Å². The molecule has 1 heterocycles. The summed E-state index contributed by atoms with van der Waals surface area (Å²) < 4.78 is 0. The highest BCUT2D eigenvalue weighted by Crippen LogP contribution is 2.18. The van der Waals surface area contributed by atoms with Crippen molar-refractivity contribution in [2.24, 2.45) is 5.84 Å². The van der Waals surface area contributed by atoms with Crippen LogP contribution >= 0.6 is 11.8 Å². The van der Waals surface area contributed by atoms with Crippen LogP contribution in [0.5, 0.6) is 0 Å².